The van der Waals surface area contributed by atoms with Gasteiger partial charge in [0.15, 0.2) is 0 Å². The molecule has 1 heterocycles. The molecule has 1 aromatic carbocycles. The number of halogens is 3. The molecule has 1 saturated heterocycles. The summed E-state index contributed by atoms with van der Waals surface area (Å²) in [7, 11) is 0. The van der Waals surface area contributed by atoms with E-state index in [0.29, 0.717) is 12.1 Å². The third-order valence-electron chi connectivity index (χ3n) is 3.81. The summed E-state index contributed by atoms with van der Waals surface area (Å²) >= 11 is 0. The Labute approximate surface area is 122 Å². The maximum Gasteiger partial charge on any atom is 0.416 e. The lowest BCUT2D eigenvalue weighted by atomic mass is 10.0. The van der Waals surface area contributed by atoms with Crippen LogP contribution in [0.15, 0.2) is 24.3 Å². The lowest BCUT2D eigenvalue weighted by molar-refractivity contribution is -0.137. The second-order valence-corrected chi connectivity index (χ2v) is 5.15. The molecule has 3 nitrogen and oxygen atoms in total. The molecule has 1 aromatic rings. The highest BCUT2D eigenvalue weighted by Crippen LogP contribution is 2.29. The average molecular weight is 300 g/mol. The number of carbonyl (C=O) groups excluding carboxylic acids is 1. The van der Waals surface area contributed by atoms with Crippen LogP contribution in [-0.2, 0) is 6.18 Å². The third-order valence-corrected chi connectivity index (χ3v) is 3.81. The minimum atomic E-state index is -4.37. The first-order chi connectivity index (χ1) is 9.93. The van der Waals surface area contributed by atoms with Gasteiger partial charge in [-0.1, -0.05) is 0 Å². The fourth-order valence-corrected chi connectivity index (χ4v) is 2.65. The Morgan fingerprint density at radius 1 is 1.24 bits per heavy atom. The Bertz CT molecular complexity index is 479. The largest absolute Gasteiger partial charge is 0.416 e. The van der Waals surface area contributed by atoms with Gasteiger partial charge < -0.3 is 10.2 Å². The lowest BCUT2D eigenvalue weighted by Crippen LogP contribution is -2.46. The molecule has 0 aliphatic carbocycles. The zero-order chi connectivity index (χ0) is 15.5. The molecule has 1 aliphatic rings. The number of hydrogen-bond acceptors (Lipinski definition) is 2. The topological polar surface area (TPSA) is 32.3 Å². The maximum absolute atomic E-state index is 12.5. The van der Waals surface area contributed by atoms with Crippen molar-refractivity contribution < 1.29 is 18.0 Å². The average Bonchev–Trinajstić information content (AvgIpc) is 2.48. The zero-order valence-electron chi connectivity index (χ0n) is 11.9. The highest BCUT2D eigenvalue weighted by molar-refractivity contribution is 5.94. The second-order valence-electron chi connectivity index (χ2n) is 5.15. The molecule has 0 atom stereocenters. The van der Waals surface area contributed by atoms with E-state index in [9.17, 15) is 18.0 Å². The number of rotatable bonds is 3. The van der Waals surface area contributed by atoms with Crippen LogP contribution in [0.1, 0.15) is 35.7 Å². The van der Waals surface area contributed by atoms with E-state index in [1.54, 1.807) is 4.90 Å². The number of alkyl halides is 3. The normalized spacial score (nSPS) is 16.8. The van der Waals surface area contributed by atoms with E-state index in [-0.39, 0.29) is 11.9 Å². The molecule has 1 aliphatic heterocycles. The molecular formula is C15H19F3N2O. The molecule has 1 N–H and O–H groups in total. The van der Waals surface area contributed by atoms with Crippen molar-refractivity contribution in [2.24, 2.45) is 0 Å². The first-order valence-electron chi connectivity index (χ1n) is 7.12. The Hall–Kier alpha value is -1.56. The van der Waals surface area contributed by atoms with Crippen molar-refractivity contribution >= 4 is 5.91 Å². The van der Waals surface area contributed by atoms with Crippen LogP contribution in [0.4, 0.5) is 13.2 Å². The molecule has 0 bridgehead atoms. The van der Waals surface area contributed by atoms with Crippen molar-refractivity contribution in [2.75, 3.05) is 19.6 Å². The quantitative estimate of drug-likeness (QED) is 0.931. The summed E-state index contributed by atoms with van der Waals surface area (Å²) in [4.78, 5) is 14.2. The van der Waals surface area contributed by atoms with Gasteiger partial charge in [0.1, 0.15) is 0 Å². The van der Waals surface area contributed by atoms with Crippen LogP contribution >= 0.6 is 0 Å². The SMILES string of the molecule is CCN(C(=O)c1ccc(C(F)(F)F)cc1)C1CCNCC1. The molecule has 2 rings (SSSR count). The van der Waals surface area contributed by atoms with Crippen molar-refractivity contribution in [3.05, 3.63) is 35.4 Å². The van der Waals surface area contributed by atoms with E-state index in [2.05, 4.69) is 5.32 Å². The first kappa shape index (κ1) is 15.8. The van der Waals surface area contributed by atoms with Gasteiger partial charge in [0.05, 0.1) is 5.56 Å². The Morgan fingerprint density at radius 2 is 1.81 bits per heavy atom. The molecule has 0 aromatic heterocycles. The van der Waals surface area contributed by atoms with Gasteiger partial charge in [0, 0.05) is 18.2 Å². The van der Waals surface area contributed by atoms with Crippen LogP contribution < -0.4 is 5.32 Å². The summed E-state index contributed by atoms with van der Waals surface area (Å²) in [6.45, 7) is 4.18. The lowest BCUT2D eigenvalue weighted by Gasteiger charge is -2.34. The van der Waals surface area contributed by atoms with Gasteiger partial charge in [-0.3, -0.25) is 4.79 Å². The van der Waals surface area contributed by atoms with Crippen molar-refractivity contribution in [3.63, 3.8) is 0 Å². The highest BCUT2D eigenvalue weighted by atomic mass is 19.4. The van der Waals surface area contributed by atoms with E-state index in [1.165, 1.54) is 12.1 Å². The molecule has 6 heteroatoms. The number of hydrogen-bond donors (Lipinski definition) is 1. The van der Waals surface area contributed by atoms with E-state index in [1.807, 2.05) is 6.92 Å². The highest BCUT2D eigenvalue weighted by Gasteiger charge is 2.31. The van der Waals surface area contributed by atoms with Crippen molar-refractivity contribution in [2.45, 2.75) is 32.0 Å². The molecule has 0 spiro atoms. The number of piperidine rings is 1. The van der Waals surface area contributed by atoms with Crippen LogP contribution in [0.3, 0.4) is 0 Å². The van der Waals surface area contributed by atoms with Crippen LogP contribution in [0, 0.1) is 0 Å². The van der Waals surface area contributed by atoms with Crippen LogP contribution in [-0.4, -0.2) is 36.5 Å². The van der Waals surface area contributed by atoms with Crippen LogP contribution in [0.5, 0.6) is 0 Å². The smallest absolute Gasteiger partial charge is 0.336 e. The molecule has 1 amide bonds. The van der Waals surface area contributed by atoms with E-state index >= 15 is 0 Å². The zero-order valence-corrected chi connectivity index (χ0v) is 11.9. The summed E-state index contributed by atoms with van der Waals surface area (Å²) in [5, 5.41) is 3.23. The fraction of sp³-hybridized carbons (Fsp3) is 0.533. The summed E-state index contributed by atoms with van der Waals surface area (Å²) < 4.78 is 37.6. The Balaban J connectivity index is 2.13. The Kier molecular flexibility index (Phi) is 4.88. The molecule has 1 fully saturated rings. The monoisotopic (exact) mass is 300 g/mol. The molecule has 21 heavy (non-hydrogen) atoms. The third kappa shape index (κ3) is 3.75. The van der Waals surface area contributed by atoms with Crippen LogP contribution in [0.25, 0.3) is 0 Å². The van der Waals surface area contributed by atoms with Gasteiger partial charge in [0.25, 0.3) is 5.91 Å². The second kappa shape index (κ2) is 6.47. The van der Waals surface area contributed by atoms with Gasteiger partial charge in [-0.2, -0.15) is 13.2 Å². The summed E-state index contributed by atoms with van der Waals surface area (Å²) in [5.41, 5.74) is -0.424. The number of nitrogens with zero attached hydrogens (tertiary/aromatic N) is 1. The van der Waals surface area contributed by atoms with Gasteiger partial charge in [-0.25, -0.2) is 0 Å². The number of benzene rings is 1. The summed E-state index contributed by atoms with van der Waals surface area (Å²) in [6, 6.07) is 4.60. The van der Waals surface area contributed by atoms with E-state index in [4.69, 9.17) is 0 Å². The molecular weight excluding hydrogens is 281 g/mol. The maximum atomic E-state index is 12.5. The minimum Gasteiger partial charge on any atom is -0.336 e. The van der Waals surface area contributed by atoms with Crippen molar-refractivity contribution in [1.29, 1.82) is 0 Å². The number of amides is 1. The van der Waals surface area contributed by atoms with E-state index < -0.39 is 11.7 Å². The molecule has 0 saturated carbocycles. The fourth-order valence-electron chi connectivity index (χ4n) is 2.65. The van der Waals surface area contributed by atoms with Gasteiger partial charge in [0.2, 0.25) is 0 Å². The molecule has 0 unspecified atom stereocenters. The predicted molar refractivity (Wildman–Crippen MR) is 74.0 cm³/mol. The van der Waals surface area contributed by atoms with Gasteiger partial charge >= 0.3 is 6.18 Å². The van der Waals surface area contributed by atoms with Crippen molar-refractivity contribution in [3.8, 4) is 0 Å². The number of carbonyl (C=O) groups is 1. The minimum absolute atomic E-state index is 0.158. The van der Waals surface area contributed by atoms with Gasteiger partial charge in [-0.05, 0) is 57.1 Å². The standard InChI is InChI=1S/C15H19F3N2O/c1-2-20(13-7-9-19-10-8-13)14(21)11-3-5-12(6-4-11)15(16,17)18/h3-6,13,19H,2,7-10H2,1H3. The summed E-state index contributed by atoms with van der Waals surface area (Å²) in [5.74, 6) is -0.196. The van der Waals surface area contributed by atoms with Gasteiger partial charge in [-0.15, -0.1) is 0 Å². The molecule has 116 valence electrons. The van der Waals surface area contributed by atoms with Crippen molar-refractivity contribution in [1.82, 2.24) is 10.2 Å². The Morgan fingerprint density at radius 3 is 2.29 bits per heavy atom. The van der Waals surface area contributed by atoms with E-state index in [0.717, 1.165) is 38.1 Å². The molecule has 0 radical (unpaired) electrons. The van der Waals surface area contributed by atoms with Crippen LogP contribution in [0.2, 0.25) is 0 Å². The summed E-state index contributed by atoms with van der Waals surface area (Å²) in [6.07, 6.45) is -2.62. The predicted octanol–water partition coefficient (Wildman–Crippen LogP) is 2.92. The number of nitrogens with one attached hydrogen (secondary N) is 1. The first-order valence-corrected chi connectivity index (χ1v) is 7.12.